The number of nitrogens with one attached hydrogen (secondary N) is 3. The highest BCUT2D eigenvalue weighted by atomic mass is 19.1. The molecule has 29 heteroatoms. The first-order valence-electron chi connectivity index (χ1n) is 35.9. The topological polar surface area (TPSA) is 271 Å². The Hall–Kier alpha value is -11.0. The molecule has 3 saturated heterocycles. The highest BCUT2D eigenvalue weighted by Gasteiger charge is 2.25. The Labute approximate surface area is 602 Å². The summed E-state index contributed by atoms with van der Waals surface area (Å²) in [4.78, 5) is 15.8. The average Bonchev–Trinajstić information content (AvgIpc) is 1.77. The minimum atomic E-state index is -0.340. The van der Waals surface area contributed by atoms with Crippen LogP contribution in [0.1, 0.15) is 103 Å². The van der Waals surface area contributed by atoms with Gasteiger partial charge in [0.2, 0.25) is 0 Å². The molecular weight excluding hydrogens is 1340 g/mol. The lowest BCUT2D eigenvalue weighted by molar-refractivity contribution is 0.282. The molecule has 0 spiro atoms. The summed E-state index contributed by atoms with van der Waals surface area (Å²) < 4.78 is 72.8. The second-order valence-electron chi connectivity index (χ2n) is 27.3. The third kappa shape index (κ3) is 16.2. The first kappa shape index (κ1) is 69.7. The zero-order chi connectivity index (χ0) is 71.9. The molecular formula is C76H82F3N23O3. The van der Waals surface area contributed by atoms with Gasteiger partial charge >= 0.3 is 0 Å². The second kappa shape index (κ2) is 31.5. The van der Waals surface area contributed by atoms with Crippen LogP contribution >= 0.6 is 0 Å². The second-order valence-corrected chi connectivity index (χ2v) is 27.3. The molecule has 0 amide bonds. The van der Waals surface area contributed by atoms with Crippen LogP contribution in [0, 0.1) is 38.2 Å². The van der Waals surface area contributed by atoms with Gasteiger partial charge in [-0.1, -0.05) is 0 Å². The zero-order valence-corrected chi connectivity index (χ0v) is 59.3. The first-order chi connectivity index (χ1) is 51.2. The fourth-order valence-electron chi connectivity index (χ4n) is 13.8. The Kier molecular flexibility index (Phi) is 20.9. The van der Waals surface area contributed by atoms with E-state index >= 15 is 13.2 Å². The molecule has 0 atom stereocenters. The van der Waals surface area contributed by atoms with Crippen molar-refractivity contribution >= 4 is 49.7 Å². The Morgan fingerprint density at radius 1 is 0.429 bits per heavy atom. The molecule has 14 aromatic rings. The number of fused-ring (bicyclic) bond motifs is 6. The van der Waals surface area contributed by atoms with Gasteiger partial charge in [-0.2, -0.15) is 56.1 Å². The summed E-state index contributed by atoms with van der Waals surface area (Å²) >= 11 is 0. The van der Waals surface area contributed by atoms with Crippen molar-refractivity contribution in [2.75, 3.05) is 79.7 Å². The molecule has 105 heavy (non-hydrogen) atoms. The van der Waals surface area contributed by atoms with Crippen LogP contribution in [0.4, 0.5) is 13.2 Å². The first-order valence-corrected chi connectivity index (χ1v) is 35.9. The predicted molar refractivity (Wildman–Crippen MR) is 392 cm³/mol. The van der Waals surface area contributed by atoms with E-state index in [9.17, 15) is 0 Å². The van der Waals surface area contributed by atoms with E-state index in [0.29, 0.717) is 145 Å². The van der Waals surface area contributed by atoms with Crippen LogP contribution < -0.4 is 30.2 Å². The molecule has 26 nitrogen and oxygen atoms in total. The quantitative estimate of drug-likeness (QED) is 0.0598. The van der Waals surface area contributed by atoms with Gasteiger partial charge in [-0.05, 0) is 186 Å². The number of nitrogens with zero attached hydrogens (tertiary/aromatic N) is 20. The van der Waals surface area contributed by atoms with Crippen LogP contribution in [0.25, 0.3) is 83.4 Å². The summed E-state index contributed by atoms with van der Waals surface area (Å²) in [5.74, 6) is 1.73. The number of halogens is 3. The van der Waals surface area contributed by atoms with Gasteiger partial charge in [0.15, 0.2) is 34.2 Å². The molecule has 0 aliphatic carbocycles. The molecule has 3 fully saturated rings. The van der Waals surface area contributed by atoms with Crippen molar-refractivity contribution in [1.82, 2.24) is 115 Å². The standard InChI is InChI=1S/C26H27FN8O.C25H25FN8O.C25H30FN7O/c1-17-16-35-26(30-17)25(36-11-3-10-34-9-2-6-29-34)15-23(33-35)19-12-21(27)20-14-22(31-32-24(20)13-19)18-4-7-28-8-5-18;1-16-15-34-25(29-16)24(35-10-9-33-8-2-5-28-33)14-22(32-34)18-11-20(26)19-13-21(30-31-23(19)12-18)17-3-6-27-7-4-17;1-16-15-33-25(28-16)24(34-10-4-9-32(2)3)14-22(31-33)18-11-20(26)19-13-21(29-30-23(19)12-18)17-5-7-27-8-6-17/h2,6,9,12-16,18,28H,3-5,7-8,10-11H2,1H3;2,5,8,11-15,17,27H,3-4,6-7,9-10H2,1H3;11-15,17,27H,4-10H2,1-3H3. The molecule has 3 N–H and O–H groups in total. The van der Waals surface area contributed by atoms with E-state index in [1.807, 2.05) is 131 Å². The van der Waals surface area contributed by atoms with Crippen molar-refractivity contribution in [1.29, 1.82) is 0 Å². The molecule has 0 saturated carbocycles. The Morgan fingerprint density at radius 2 is 0.781 bits per heavy atom. The van der Waals surface area contributed by atoms with E-state index in [2.05, 4.69) is 91.9 Å². The van der Waals surface area contributed by atoms with E-state index in [4.69, 9.17) is 14.2 Å². The molecule has 17 rings (SSSR count). The monoisotopic (exact) mass is 1420 g/mol. The molecule has 3 aliphatic heterocycles. The van der Waals surface area contributed by atoms with Crippen molar-refractivity contribution in [2.24, 2.45) is 0 Å². The number of hydrogen-bond donors (Lipinski definition) is 3. The summed E-state index contributed by atoms with van der Waals surface area (Å²) in [7, 11) is 4.07. The van der Waals surface area contributed by atoms with Gasteiger partial charge in [0, 0.05) is 113 Å². The lowest BCUT2D eigenvalue weighted by Crippen LogP contribution is -2.27. The fourth-order valence-corrected chi connectivity index (χ4v) is 13.8. The number of hydrogen-bond acceptors (Lipinski definition) is 21. The summed E-state index contributed by atoms with van der Waals surface area (Å²) in [5.41, 5.74) is 12.0. The fraction of sp³-hybridized carbons (Fsp3) is 0.368. The van der Waals surface area contributed by atoms with Crippen molar-refractivity contribution < 1.29 is 27.4 Å². The maximum Gasteiger partial charge on any atom is 0.196 e. The van der Waals surface area contributed by atoms with Crippen molar-refractivity contribution in [3.05, 3.63) is 180 Å². The Morgan fingerprint density at radius 3 is 1.13 bits per heavy atom. The maximum absolute atomic E-state index is 15.3. The summed E-state index contributed by atoms with van der Waals surface area (Å²) in [6.07, 6.45) is 20.4. The number of imidazole rings is 3. The van der Waals surface area contributed by atoms with Crippen LogP contribution in [0.15, 0.2) is 128 Å². The van der Waals surface area contributed by atoms with Gasteiger partial charge in [-0.3, -0.25) is 9.36 Å². The maximum atomic E-state index is 15.3. The lowest BCUT2D eigenvalue weighted by atomic mass is 9.93. The van der Waals surface area contributed by atoms with Crippen LogP contribution in [0.2, 0.25) is 0 Å². The third-order valence-electron chi connectivity index (χ3n) is 19.2. The minimum absolute atomic E-state index is 0.308. The van der Waals surface area contributed by atoms with Crippen LogP contribution in [-0.4, -0.2) is 179 Å². The van der Waals surface area contributed by atoms with E-state index in [1.54, 1.807) is 36.7 Å². The summed E-state index contributed by atoms with van der Waals surface area (Å²) in [6.45, 7) is 15.1. The highest BCUT2D eigenvalue weighted by molar-refractivity contribution is 5.87. The Balaban J connectivity index is 0.000000127. The SMILES string of the molecule is Cc1cn2nc(-c3cc(F)c4cc(C5CCNCC5)nnc4c3)cc(OCCCN(C)C)c2n1.Cc1cn2nc(-c3cc(F)c4cc(C5CCNCC5)nnc4c3)cc(OCCCn3cccn3)c2n1.Cc1cn2nc(-c3cc(F)c4cc(C5CCNCC5)nnc4c3)cc(OCCn3cccn3)c2n1. The molecule has 3 aromatic carbocycles. The van der Waals surface area contributed by atoms with E-state index < -0.39 is 0 Å². The van der Waals surface area contributed by atoms with E-state index in [-0.39, 0.29) is 17.5 Å². The van der Waals surface area contributed by atoms with Gasteiger partial charge in [-0.25, -0.2) is 41.7 Å². The number of rotatable bonds is 20. The van der Waals surface area contributed by atoms with Gasteiger partial charge < -0.3 is 35.1 Å². The van der Waals surface area contributed by atoms with Gasteiger partial charge in [0.05, 0.1) is 106 Å². The zero-order valence-electron chi connectivity index (χ0n) is 59.3. The largest absolute Gasteiger partial charge is 0.489 e. The Bertz CT molecular complexity index is 5360. The molecule has 14 heterocycles. The molecule has 11 aromatic heterocycles. The lowest BCUT2D eigenvalue weighted by Gasteiger charge is -2.21. The highest BCUT2D eigenvalue weighted by Crippen LogP contribution is 2.36. The molecule has 0 unspecified atom stereocenters. The molecule has 0 radical (unpaired) electrons. The van der Waals surface area contributed by atoms with Crippen LogP contribution in [0.3, 0.4) is 0 Å². The predicted octanol–water partition coefficient (Wildman–Crippen LogP) is 11.0. The number of aromatic nitrogens is 19. The third-order valence-corrected chi connectivity index (χ3v) is 19.2. The molecule has 540 valence electrons. The van der Waals surface area contributed by atoms with Gasteiger partial charge in [0.1, 0.15) is 24.1 Å². The number of benzene rings is 3. The number of ether oxygens (including phenoxy) is 3. The number of piperidine rings is 3. The summed E-state index contributed by atoms with van der Waals surface area (Å²) in [5, 5.41) is 60.3. The number of aryl methyl sites for hydroxylation is 4. The van der Waals surface area contributed by atoms with Crippen molar-refractivity contribution in [2.45, 2.75) is 103 Å². The van der Waals surface area contributed by atoms with Gasteiger partial charge in [-0.15, -0.1) is 0 Å². The molecule has 3 aliphatic rings. The molecule has 0 bridgehead atoms. The van der Waals surface area contributed by atoms with E-state index in [0.717, 1.165) is 138 Å². The van der Waals surface area contributed by atoms with Crippen molar-refractivity contribution in [3.63, 3.8) is 0 Å². The van der Waals surface area contributed by atoms with E-state index in [1.165, 1.54) is 18.2 Å². The van der Waals surface area contributed by atoms with Crippen molar-refractivity contribution in [3.8, 4) is 51.0 Å². The van der Waals surface area contributed by atoms with Gasteiger partial charge in [0.25, 0.3) is 0 Å². The van der Waals surface area contributed by atoms with Crippen LogP contribution in [0.5, 0.6) is 17.2 Å². The van der Waals surface area contributed by atoms with Crippen LogP contribution in [-0.2, 0) is 13.1 Å². The summed E-state index contributed by atoms with van der Waals surface area (Å²) in [6, 6.07) is 24.8. The average molecular weight is 1420 g/mol. The smallest absolute Gasteiger partial charge is 0.196 e. The minimum Gasteiger partial charge on any atom is -0.489 e. The normalized spacial score (nSPS) is 14.8.